The molecule has 0 aromatic rings. The van der Waals surface area contributed by atoms with Crippen LogP contribution >= 0.6 is 0 Å². The summed E-state index contributed by atoms with van der Waals surface area (Å²) in [7, 11) is 0. The maximum Gasteiger partial charge on any atom is 0.327 e. The molecule has 0 saturated heterocycles. The molecule has 0 radical (unpaired) electrons. The van der Waals surface area contributed by atoms with E-state index in [9.17, 15) is 9.59 Å². The Labute approximate surface area is 52.9 Å². The van der Waals surface area contributed by atoms with Crippen molar-refractivity contribution in [2.75, 3.05) is 0 Å². The molecule has 0 rings (SSSR count). The van der Waals surface area contributed by atoms with Gasteiger partial charge in [-0.3, -0.25) is 4.79 Å². The molecule has 52 valence electrons. The molecule has 0 fully saturated rings. The Morgan fingerprint density at radius 2 is 2.44 bits per heavy atom. The molecule has 0 aliphatic heterocycles. The smallest absolute Gasteiger partial charge is 0.327 e. The summed E-state index contributed by atoms with van der Waals surface area (Å²) in [4.78, 5) is 24.0. The quantitative estimate of drug-likeness (QED) is 0.419. The molecule has 4 heteroatoms. The zero-order valence-corrected chi connectivity index (χ0v) is 5.16. The van der Waals surface area contributed by atoms with E-state index >= 15 is 0 Å². The zero-order chi connectivity index (χ0) is 7.28. The minimum Gasteiger partial charge on any atom is -0.373 e. The first kappa shape index (κ1) is 8.10. The molecule has 0 aromatic carbocycles. The monoisotopic (exact) mass is 131 g/mol. The van der Waals surface area contributed by atoms with Crippen molar-refractivity contribution >= 4 is 12.3 Å². The van der Waals surface area contributed by atoms with E-state index < -0.39 is 11.9 Å². The van der Waals surface area contributed by atoms with Crippen LogP contribution in [0.4, 0.5) is 0 Å². The molecule has 0 saturated carbocycles. The van der Waals surface area contributed by atoms with Gasteiger partial charge in [0.1, 0.15) is 6.29 Å². The van der Waals surface area contributed by atoms with Crippen LogP contribution in [0, 0.1) is 5.92 Å². The van der Waals surface area contributed by atoms with Gasteiger partial charge in [0.15, 0.2) is 0 Å². The van der Waals surface area contributed by atoms with Gasteiger partial charge in [-0.1, -0.05) is 6.92 Å². The minimum atomic E-state index is -0.554. The largest absolute Gasteiger partial charge is 0.373 e. The molecular weight excluding hydrogens is 122 g/mol. The van der Waals surface area contributed by atoms with Crippen molar-refractivity contribution in [3.63, 3.8) is 0 Å². The van der Waals surface area contributed by atoms with Crippen LogP contribution in [0.5, 0.6) is 0 Å². The standard InChI is InChI=1S/C5H9NO3/c1-4(2-3-7)5(8)9-6/h3-4H,2,6H2,1H3/t4-/m1/s1. The third-order valence-electron chi connectivity index (χ3n) is 0.968. The first-order chi connectivity index (χ1) is 4.22. The predicted octanol–water partition coefficient (Wildman–Crippen LogP) is -0.372. The molecule has 0 aliphatic rings. The van der Waals surface area contributed by atoms with Gasteiger partial charge in [-0.25, -0.2) is 0 Å². The molecule has 0 unspecified atom stereocenters. The van der Waals surface area contributed by atoms with Crippen LogP contribution in [0.3, 0.4) is 0 Å². The van der Waals surface area contributed by atoms with Gasteiger partial charge in [0, 0.05) is 6.42 Å². The number of nitrogens with two attached hydrogens (primary N) is 1. The average molecular weight is 131 g/mol. The minimum absolute atomic E-state index is 0.163. The van der Waals surface area contributed by atoms with Gasteiger partial charge in [0.05, 0.1) is 5.92 Å². The number of rotatable bonds is 3. The van der Waals surface area contributed by atoms with E-state index in [1.807, 2.05) is 0 Å². The fourth-order valence-corrected chi connectivity index (χ4v) is 0.357. The Bertz CT molecular complexity index is 113. The highest BCUT2D eigenvalue weighted by Gasteiger charge is 2.11. The van der Waals surface area contributed by atoms with E-state index in [0.29, 0.717) is 6.29 Å². The lowest BCUT2D eigenvalue weighted by Gasteiger charge is -2.01. The van der Waals surface area contributed by atoms with Gasteiger partial charge in [0.25, 0.3) is 0 Å². The molecule has 0 spiro atoms. The van der Waals surface area contributed by atoms with Crippen molar-refractivity contribution in [3.05, 3.63) is 0 Å². The normalized spacial score (nSPS) is 12.2. The fraction of sp³-hybridized carbons (Fsp3) is 0.600. The van der Waals surface area contributed by atoms with Gasteiger partial charge in [-0.15, -0.1) is 0 Å². The maximum atomic E-state index is 10.4. The maximum absolute atomic E-state index is 10.4. The lowest BCUT2D eigenvalue weighted by Crippen LogP contribution is -2.18. The lowest BCUT2D eigenvalue weighted by atomic mass is 10.1. The summed E-state index contributed by atoms with van der Waals surface area (Å²) < 4.78 is 0. The number of carbonyl (C=O) groups excluding carboxylic acids is 2. The van der Waals surface area contributed by atoms with Gasteiger partial charge < -0.3 is 9.63 Å². The Kier molecular flexibility index (Phi) is 3.62. The SMILES string of the molecule is C[C@H](CC=O)C(=O)ON. The third kappa shape index (κ3) is 2.81. The van der Waals surface area contributed by atoms with E-state index in [4.69, 9.17) is 0 Å². The second-order valence-electron chi connectivity index (χ2n) is 1.74. The molecule has 0 aliphatic carbocycles. The first-order valence-corrected chi connectivity index (χ1v) is 2.56. The molecule has 0 heterocycles. The van der Waals surface area contributed by atoms with Crippen molar-refractivity contribution < 1.29 is 14.4 Å². The van der Waals surface area contributed by atoms with Gasteiger partial charge in [0.2, 0.25) is 0 Å². The Morgan fingerprint density at radius 1 is 1.89 bits per heavy atom. The van der Waals surface area contributed by atoms with Crippen molar-refractivity contribution in [2.45, 2.75) is 13.3 Å². The summed E-state index contributed by atoms with van der Waals surface area (Å²) >= 11 is 0. The molecular formula is C5H9NO3. The topological polar surface area (TPSA) is 69.4 Å². The van der Waals surface area contributed by atoms with E-state index in [-0.39, 0.29) is 6.42 Å². The molecule has 0 amide bonds. The fourth-order valence-electron chi connectivity index (χ4n) is 0.357. The van der Waals surface area contributed by atoms with Crippen molar-refractivity contribution in [1.82, 2.24) is 0 Å². The van der Waals surface area contributed by atoms with E-state index in [0.717, 1.165) is 0 Å². The summed E-state index contributed by atoms with van der Waals surface area (Å²) in [5, 5.41) is 0. The summed E-state index contributed by atoms with van der Waals surface area (Å²) in [6, 6.07) is 0. The van der Waals surface area contributed by atoms with E-state index in [2.05, 4.69) is 10.7 Å². The van der Waals surface area contributed by atoms with Gasteiger partial charge in [-0.05, 0) is 0 Å². The van der Waals surface area contributed by atoms with Crippen LogP contribution in [0.25, 0.3) is 0 Å². The summed E-state index contributed by atoms with van der Waals surface area (Å²) in [6.07, 6.45) is 0.817. The van der Waals surface area contributed by atoms with Crippen LogP contribution < -0.4 is 5.90 Å². The zero-order valence-electron chi connectivity index (χ0n) is 5.16. The van der Waals surface area contributed by atoms with Crippen molar-refractivity contribution in [2.24, 2.45) is 11.8 Å². The number of aldehydes is 1. The van der Waals surface area contributed by atoms with Crippen LogP contribution in [0.1, 0.15) is 13.3 Å². The number of carbonyl (C=O) groups is 2. The summed E-state index contributed by atoms with van der Waals surface area (Å²) in [6.45, 7) is 1.57. The second-order valence-corrected chi connectivity index (χ2v) is 1.74. The number of hydrogen-bond acceptors (Lipinski definition) is 4. The molecule has 1 atom stereocenters. The van der Waals surface area contributed by atoms with Crippen LogP contribution in [0.2, 0.25) is 0 Å². The van der Waals surface area contributed by atoms with E-state index in [1.54, 1.807) is 6.92 Å². The second kappa shape index (κ2) is 4.03. The molecule has 9 heavy (non-hydrogen) atoms. The highest BCUT2D eigenvalue weighted by molar-refractivity contribution is 5.74. The summed E-state index contributed by atoms with van der Waals surface area (Å²) in [5.74, 6) is 3.56. The predicted molar refractivity (Wildman–Crippen MR) is 30.1 cm³/mol. The molecule has 0 aromatic heterocycles. The number of hydrogen-bond donors (Lipinski definition) is 1. The first-order valence-electron chi connectivity index (χ1n) is 2.56. The van der Waals surface area contributed by atoms with Crippen molar-refractivity contribution in [3.8, 4) is 0 Å². The van der Waals surface area contributed by atoms with Gasteiger partial charge in [-0.2, -0.15) is 5.90 Å². The summed E-state index contributed by atoms with van der Waals surface area (Å²) in [5.41, 5.74) is 0. The molecule has 4 nitrogen and oxygen atoms in total. The van der Waals surface area contributed by atoms with Crippen LogP contribution in [0.15, 0.2) is 0 Å². The average Bonchev–Trinajstić information content (AvgIpc) is 1.87. The Hall–Kier alpha value is -0.900. The molecule has 0 bridgehead atoms. The third-order valence-corrected chi connectivity index (χ3v) is 0.968. The highest BCUT2D eigenvalue weighted by Crippen LogP contribution is 1.99. The van der Waals surface area contributed by atoms with Gasteiger partial charge >= 0.3 is 5.97 Å². The van der Waals surface area contributed by atoms with Crippen LogP contribution in [-0.2, 0) is 14.4 Å². The Balaban J connectivity index is 3.58. The molecule has 2 N–H and O–H groups in total. The lowest BCUT2D eigenvalue weighted by molar-refractivity contribution is -0.149. The highest BCUT2D eigenvalue weighted by atomic mass is 16.7. The van der Waals surface area contributed by atoms with Crippen molar-refractivity contribution in [1.29, 1.82) is 0 Å². The Morgan fingerprint density at radius 3 is 2.78 bits per heavy atom. The van der Waals surface area contributed by atoms with E-state index in [1.165, 1.54) is 0 Å². The van der Waals surface area contributed by atoms with Crippen LogP contribution in [-0.4, -0.2) is 12.3 Å².